The fourth-order valence-corrected chi connectivity index (χ4v) is 1.43. The number of ketones is 1. The lowest BCUT2D eigenvalue weighted by molar-refractivity contribution is -0.115. The summed E-state index contributed by atoms with van der Waals surface area (Å²) in [7, 11) is 0. The fourth-order valence-electron chi connectivity index (χ4n) is 1.43. The molecule has 0 aliphatic rings. The largest absolute Gasteiger partial charge is 0.367 e. The number of nitrogens with one attached hydrogen (secondary N) is 3. The summed E-state index contributed by atoms with van der Waals surface area (Å²) in [5.41, 5.74) is 1.15. The molecule has 0 spiro atoms. The molecular formula is C12H15N5O. The van der Waals surface area contributed by atoms with E-state index in [2.05, 4.69) is 25.6 Å². The normalized spacial score (nSPS) is 10.1. The second-order valence-corrected chi connectivity index (χ2v) is 3.92. The molecule has 0 unspecified atom stereocenters. The van der Waals surface area contributed by atoms with Crippen LogP contribution in [0, 0.1) is 0 Å². The highest BCUT2D eigenvalue weighted by Gasteiger charge is 2.00. The Hall–Kier alpha value is -2.37. The average molecular weight is 245 g/mol. The molecule has 18 heavy (non-hydrogen) atoms. The fraction of sp³-hybridized carbons (Fsp3) is 0.250. The van der Waals surface area contributed by atoms with Crippen LogP contribution >= 0.6 is 0 Å². The lowest BCUT2D eigenvalue weighted by Crippen LogP contribution is -2.11. The summed E-state index contributed by atoms with van der Waals surface area (Å²) < 4.78 is 0. The zero-order valence-corrected chi connectivity index (χ0v) is 10.1. The van der Waals surface area contributed by atoms with Gasteiger partial charge in [-0.3, -0.25) is 4.79 Å². The summed E-state index contributed by atoms with van der Waals surface area (Å²) in [6, 6.07) is 3.76. The SMILES string of the molecule is CC(=O)CNc1cc(NCc2cc[nH]c2)ncn1. The van der Waals surface area contributed by atoms with Gasteiger partial charge in [-0.05, 0) is 18.6 Å². The molecule has 2 aromatic heterocycles. The van der Waals surface area contributed by atoms with Gasteiger partial charge in [0.05, 0.1) is 6.54 Å². The molecule has 6 heteroatoms. The quantitative estimate of drug-likeness (QED) is 0.717. The van der Waals surface area contributed by atoms with Gasteiger partial charge in [0.2, 0.25) is 0 Å². The van der Waals surface area contributed by atoms with Crippen LogP contribution in [0.15, 0.2) is 30.9 Å². The molecule has 0 amide bonds. The highest BCUT2D eigenvalue weighted by molar-refractivity contribution is 5.80. The molecule has 0 saturated heterocycles. The van der Waals surface area contributed by atoms with Gasteiger partial charge in [-0.1, -0.05) is 0 Å². The Morgan fingerprint density at radius 3 is 2.78 bits per heavy atom. The lowest BCUT2D eigenvalue weighted by Gasteiger charge is -2.06. The van der Waals surface area contributed by atoms with E-state index in [-0.39, 0.29) is 12.3 Å². The maximum Gasteiger partial charge on any atom is 0.148 e. The monoisotopic (exact) mass is 245 g/mol. The Morgan fingerprint density at radius 2 is 2.11 bits per heavy atom. The van der Waals surface area contributed by atoms with E-state index < -0.39 is 0 Å². The molecule has 3 N–H and O–H groups in total. The van der Waals surface area contributed by atoms with Crippen LogP contribution < -0.4 is 10.6 Å². The van der Waals surface area contributed by atoms with Gasteiger partial charge in [0, 0.05) is 25.0 Å². The van der Waals surface area contributed by atoms with Gasteiger partial charge in [0.25, 0.3) is 0 Å². The average Bonchev–Trinajstić information content (AvgIpc) is 2.87. The van der Waals surface area contributed by atoms with Crippen molar-refractivity contribution in [3.05, 3.63) is 36.4 Å². The first-order valence-electron chi connectivity index (χ1n) is 5.65. The number of aromatic nitrogens is 3. The second kappa shape index (κ2) is 5.81. The summed E-state index contributed by atoms with van der Waals surface area (Å²) in [5, 5.41) is 6.11. The number of nitrogens with zero attached hydrogens (tertiary/aromatic N) is 2. The van der Waals surface area contributed by atoms with E-state index in [4.69, 9.17) is 0 Å². The maximum atomic E-state index is 10.9. The molecule has 0 aliphatic heterocycles. The van der Waals surface area contributed by atoms with Crippen LogP contribution in [0.3, 0.4) is 0 Å². The highest BCUT2D eigenvalue weighted by atomic mass is 16.1. The van der Waals surface area contributed by atoms with Gasteiger partial charge in [-0.25, -0.2) is 9.97 Å². The van der Waals surface area contributed by atoms with Crippen molar-refractivity contribution in [2.75, 3.05) is 17.2 Å². The van der Waals surface area contributed by atoms with E-state index in [9.17, 15) is 4.79 Å². The van der Waals surface area contributed by atoms with E-state index in [1.807, 2.05) is 18.5 Å². The Bertz CT molecular complexity index is 509. The Morgan fingerprint density at radius 1 is 1.33 bits per heavy atom. The van der Waals surface area contributed by atoms with Gasteiger partial charge < -0.3 is 15.6 Å². The number of carbonyl (C=O) groups excluding carboxylic acids is 1. The number of aromatic amines is 1. The number of rotatable bonds is 6. The molecular weight excluding hydrogens is 230 g/mol. The third-order valence-corrected chi connectivity index (χ3v) is 2.32. The first-order valence-corrected chi connectivity index (χ1v) is 5.65. The first-order chi connectivity index (χ1) is 8.74. The Kier molecular flexibility index (Phi) is 3.90. The van der Waals surface area contributed by atoms with Crippen LogP contribution in [0.5, 0.6) is 0 Å². The van der Waals surface area contributed by atoms with Crippen molar-refractivity contribution in [3.63, 3.8) is 0 Å². The summed E-state index contributed by atoms with van der Waals surface area (Å²) in [4.78, 5) is 22.0. The number of carbonyl (C=O) groups is 1. The van der Waals surface area contributed by atoms with Gasteiger partial charge in [0.1, 0.15) is 23.7 Å². The predicted octanol–water partition coefficient (Wildman–Crippen LogP) is 1.42. The predicted molar refractivity (Wildman–Crippen MR) is 69.3 cm³/mol. The summed E-state index contributed by atoms with van der Waals surface area (Å²) in [6.07, 6.45) is 5.25. The van der Waals surface area contributed by atoms with Crippen LogP contribution in [0.4, 0.5) is 11.6 Å². The first kappa shape index (κ1) is 12.1. The number of hydrogen-bond acceptors (Lipinski definition) is 5. The summed E-state index contributed by atoms with van der Waals surface area (Å²) in [5.74, 6) is 1.42. The summed E-state index contributed by atoms with van der Waals surface area (Å²) >= 11 is 0. The molecule has 0 fully saturated rings. The zero-order chi connectivity index (χ0) is 12.8. The molecule has 2 heterocycles. The van der Waals surface area contributed by atoms with Gasteiger partial charge in [-0.2, -0.15) is 0 Å². The van der Waals surface area contributed by atoms with Crippen molar-refractivity contribution in [1.82, 2.24) is 15.0 Å². The van der Waals surface area contributed by atoms with Crippen molar-refractivity contribution >= 4 is 17.4 Å². The maximum absolute atomic E-state index is 10.9. The van der Waals surface area contributed by atoms with Crippen LogP contribution in [-0.2, 0) is 11.3 Å². The summed E-state index contributed by atoms with van der Waals surface area (Å²) in [6.45, 7) is 2.49. The van der Waals surface area contributed by atoms with Crippen LogP contribution in [0.1, 0.15) is 12.5 Å². The zero-order valence-electron chi connectivity index (χ0n) is 10.1. The van der Waals surface area contributed by atoms with Gasteiger partial charge in [-0.15, -0.1) is 0 Å². The minimum absolute atomic E-state index is 0.0652. The molecule has 0 atom stereocenters. The third kappa shape index (κ3) is 3.58. The molecule has 0 bridgehead atoms. The molecule has 2 aromatic rings. The molecule has 0 aliphatic carbocycles. The van der Waals surface area contributed by atoms with E-state index in [0.717, 1.165) is 11.4 Å². The molecule has 0 aromatic carbocycles. The molecule has 6 nitrogen and oxygen atoms in total. The standard InChI is InChI=1S/C12H15N5O/c1-9(18)5-14-11-4-12(17-8-16-11)15-7-10-2-3-13-6-10/h2-4,6,8,13H,5,7H2,1H3,(H2,14,15,16,17). The van der Waals surface area contributed by atoms with E-state index in [1.165, 1.54) is 13.3 Å². The van der Waals surface area contributed by atoms with Crippen molar-refractivity contribution in [1.29, 1.82) is 0 Å². The number of Topliss-reactive ketones (excluding diaryl/α,β-unsaturated/α-hetero) is 1. The van der Waals surface area contributed by atoms with Crippen LogP contribution in [0.25, 0.3) is 0 Å². The minimum atomic E-state index is 0.0652. The van der Waals surface area contributed by atoms with E-state index in [1.54, 1.807) is 6.07 Å². The van der Waals surface area contributed by atoms with Crippen molar-refractivity contribution in [3.8, 4) is 0 Å². The van der Waals surface area contributed by atoms with Gasteiger partial charge >= 0.3 is 0 Å². The smallest absolute Gasteiger partial charge is 0.148 e. The molecule has 0 saturated carbocycles. The van der Waals surface area contributed by atoms with E-state index in [0.29, 0.717) is 12.4 Å². The van der Waals surface area contributed by atoms with E-state index >= 15 is 0 Å². The lowest BCUT2D eigenvalue weighted by atomic mass is 10.3. The number of hydrogen-bond donors (Lipinski definition) is 3. The van der Waals surface area contributed by atoms with Crippen molar-refractivity contribution < 1.29 is 4.79 Å². The molecule has 2 rings (SSSR count). The molecule has 0 radical (unpaired) electrons. The van der Waals surface area contributed by atoms with Crippen molar-refractivity contribution in [2.24, 2.45) is 0 Å². The third-order valence-electron chi connectivity index (χ3n) is 2.32. The van der Waals surface area contributed by atoms with Crippen LogP contribution in [0.2, 0.25) is 0 Å². The highest BCUT2D eigenvalue weighted by Crippen LogP contribution is 2.09. The van der Waals surface area contributed by atoms with Crippen LogP contribution in [-0.4, -0.2) is 27.3 Å². The number of H-pyrrole nitrogens is 1. The molecule has 94 valence electrons. The minimum Gasteiger partial charge on any atom is -0.367 e. The van der Waals surface area contributed by atoms with Crippen molar-refractivity contribution in [2.45, 2.75) is 13.5 Å². The second-order valence-electron chi connectivity index (χ2n) is 3.92. The number of anilines is 2. The topological polar surface area (TPSA) is 82.7 Å². The Balaban J connectivity index is 1.92. The van der Waals surface area contributed by atoms with Gasteiger partial charge in [0.15, 0.2) is 0 Å². The Labute approximate surface area is 105 Å².